The number of rotatable bonds is 4. The third kappa shape index (κ3) is 4.48. The minimum Gasteiger partial charge on any atom is -0.351 e. The lowest BCUT2D eigenvalue weighted by molar-refractivity contribution is 0.102. The predicted molar refractivity (Wildman–Crippen MR) is 114 cm³/mol. The number of aliphatic imine (C=N–C) groups is 1. The number of aromatic amines is 1. The molecule has 150 valence electrons. The third-order valence-electron chi connectivity index (χ3n) is 4.80. The largest absolute Gasteiger partial charge is 0.351 e. The Morgan fingerprint density at radius 2 is 1.86 bits per heavy atom. The number of benzene rings is 2. The summed E-state index contributed by atoms with van der Waals surface area (Å²) in [5.74, 6) is 0.159. The van der Waals surface area contributed by atoms with Gasteiger partial charge in [-0.15, -0.1) is 0 Å². The van der Waals surface area contributed by atoms with Crippen LogP contribution in [0.15, 0.2) is 64.5 Å². The highest BCUT2D eigenvalue weighted by molar-refractivity contribution is 7.90. The number of para-hydroxylation sites is 1. The lowest BCUT2D eigenvalue weighted by atomic mass is 10.2. The maximum Gasteiger partial charge on any atom is 0.272 e. The van der Waals surface area contributed by atoms with E-state index >= 15 is 0 Å². The van der Waals surface area contributed by atoms with Gasteiger partial charge in [0.2, 0.25) is 0 Å². The fourth-order valence-corrected chi connectivity index (χ4v) is 4.44. The molecule has 0 radical (unpaired) electrons. The quantitative estimate of drug-likeness (QED) is 0.611. The van der Waals surface area contributed by atoms with Crippen molar-refractivity contribution < 1.29 is 13.2 Å². The van der Waals surface area contributed by atoms with E-state index in [-0.39, 0.29) is 10.8 Å². The van der Waals surface area contributed by atoms with Crippen LogP contribution in [0, 0.1) is 0 Å². The molecule has 1 aliphatic heterocycles. The number of sulfonamides is 1. The van der Waals surface area contributed by atoms with Gasteiger partial charge in [-0.1, -0.05) is 30.7 Å². The number of hydrogen-bond acceptors (Lipinski definition) is 4. The van der Waals surface area contributed by atoms with Crippen LogP contribution in [0.25, 0.3) is 10.9 Å². The van der Waals surface area contributed by atoms with Gasteiger partial charge in [0.1, 0.15) is 11.5 Å². The van der Waals surface area contributed by atoms with Crippen molar-refractivity contribution in [2.45, 2.75) is 30.6 Å². The molecule has 2 aromatic carbocycles. The number of H-pyrrole nitrogens is 1. The van der Waals surface area contributed by atoms with Crippen LogP contribution in [-0.4, -0.2) is 31.7 Å². The van der Waals surface area contributed by atoms with Gasteiger partial charge in [0.05, 0.1) is 4.90 Å². The van der Waals surface area contributed by atoms with E-state index in [0.717, 1.165) is 30.2 Å². The van der Waals surface area contributed by atoms with Crippen molar-refractivity contribution >= 4 is 38.4 Å². The number of anilines is 1. The maximum atomic E-state index is 12.7. The molecular formula is C21H22N4O3S. The number of nitrogens with one attached hydrogen (secondary N) is 3. The lowest BCUT2D eigenvalue weighted by Crippen LogP contribution is -2.30. The first-order chi connectivity index (χ1) is 14.0. The van der Waals surface area contributed by atoms with Crippen molar-refractivity contribution in [2.24, 2.45) is 4.99 Å². The average molecular weight is 410 g/mol. The van der Waals surface area contributed by atoms with E-state index in [1.54, 1.807) is 18.2 Å². The molecule has 2 heterocycles. The van der Waals surface area contributed by atoms with Crippen LogP contribution in [0.3, 0.4) is 0 Å². The van der Waals surface area contributed by atoms with E-state index < -0.39 is 10.0 Å². The molecular weight excluding hydrogens is 388 g/mol. The zero-order valence-corrected chi connectivity index (χ0v) is 16.6. The van der Waals surface area contributed by atoms with Crippen molar-refractivity contribution in [2.75, 3.05) is 11.9 Å². The molecule has 1 aromatic heterocycles. The Morgan fingerprint density at radius 3 is 2.72 bits per heavy atom. The number of amides is 1. The lowest BCUT2D eigenvalue weighted by Gasteiger charge is -2.11. The first-order valence-corrected chi connectivity index (χ1v) is 11.0. The molecule has 1 amide bonds. The number of hydrogen-bond donors (Lipinski definition) is 3. The first-order valence-electron chi connectivity index (χ1n) is 9.57. The monoisotopic (exact) mass is 410 g/mol. The molecule has 0 bridgehead atoms. The minimum atomic E-state index is -3.76. The fourth-order valence-electron chi connectivity index (χ4n) is 3.31. The number of nitrogens with zero attached hydrogens (tertiary/aromatic N) is 1. The molecule has 3 N–H and O–H groups in total. The molecule has 0 fully saturated rings. The topological polar surface area (TPSA) is 103 Å². The highest BCUT2D eigenvalue weighted by atomic mass is 32.2. The smallest absolute Gasteiger partial charge is 0.272 e. The highest BCUT2D eigenvalue weighted by Gasteiger charge is 2.18. The van der Waals surface area contributed by atoms with Crippen LogP contribution in [0.4, 0.5) is 5.69 Å². The van der Waals surface area contributed by atoms with E-state index in [9.17, 15) is 13.2 Å². The number of carbonyl (C=O) groups is 1. The summed E-state index contributed by atoms with van der Waals surface area (Å²) in [6.45, 7) is 0.637. The summed E-state index contributed by atoms with van der Waals surface area (Å²) in [4.78, 5) is 20.0. The van der Waals surface area contributed by atoms with Crippen LogP contribution < -0.4 is 10.0 Å². The van der Waals surface area contributed by atoms with E-state index in [0.29, 0.717) is 30.2 Å². The molecule has 0 saturated heterocycles. The first kappa shape index (κ1) is 19.2. The molecule has 0 unspecified atom stereocenters. The zero-order valence-electron chi connectivity index (χ0n) is 15.8. The van der Waals surface area contributed by atoms with Gasteiger partial charge < -0.3 is 10.3 Å². The summed E-state index contributed by atoms with van der Waals surface area (Å²) < 4.78 is 28.0. The van der Waals surface area contributed by atoms with Gasteiger partial charge in [0.15, 0.2) is 0 Å². The second-order valence-corrected chi connectivity index (χ2v) is 8.68. The van der Waals surface area contributed by atoms with E-state index in [1.807, 2.05) is 24.3 Å². The molecule has 0 atom stereocenters. The number of carbonyl (C=O) groups excluding carboxylic acids is 1. The number of amidine groups is 1. The summed E-state index contributed by atoms with van der Waals surface area (Å²) >= 11 is 0. The summed E-state index contributed by atoms with van der Waals surface area (Å²) in [6, 6.07) is 15.6. The van der Waals surface area contributed by atoms with E-state index in [1.165, 1.54) is 12.1 Å². The second-order valence-electron chi connectivity index (χ2n) is 7.00. The average Bonchev–Trinajstić information content (AvgIpc) is 2.99. The van der Waals surface area contributed by atoms with Crippen molar-refractivity contribution in [3.63, 3.8) is 0 Å². The maximum absolute atomic E-state index is 12.7. The van der Waals surface area contributed by atoms with Gasteiger partial charge in [-0.2, -0.15) is 0 Å². The van der Waals surface area contributed by atoms with Crippen molar-refractivity contribution in [3.05, 3.63) is 60.3 Å². The fraction of sp³-hybridized carbons (Fsp3) is 0.238. The van der Waals surface area contributed by atoms with Crippen molar-refractivity contribution in [1.82, 2.24) is 9.71 Å². The Kier molecular flexibility index (Phi) is 5.35. The van der Waals surface area contributed by atoms with Gasteiger partial charge in [-0.05, 0) is 43.2 Å². The van der Waals surface area contributed by atoms with Gasteiger partial charge >= 0.3 is 0 Å². The summed E-state index contributed by atoms with van der Waals surface area (Å²) in [7, 11) is -3.76. The van der Waals surface area contributed by atoms with Crippen molar-refractivity contribution in [3.8, 4) is 0 Å². The molecule has 0 spiro atoms. The summed E-state index contributed by atoms with van der Waals surface area (Å²) in [5, 5.41) is 3.69. The molecule has 3 aromatic rings. The second kappa shape index (κ2) is 8.08. The Labute approximate surface area is 169 Å². The standard InChI is InChI=1S/C21H22N4O3S/c26-21(19-13-15-7-3-4-10-18(15)24-19)23-16-8-6-9-17(14-16)29(27,28)25-20-11-2-1-5-12-22-20/h3-4,6-10,13-14,24H,1-2,5,11-12H2,(H,22,25)(H,23,26). The summed E-state index contributed by atoms with van der Waals surface area (Å²) in [5.41, 5.74) is 1.67. The molecule has 1 aliphatic rings. The normalized spacial score (nSPS) is 14.8. The van der Waals surface area contributed by atoms with Gasteiger partial charge in [-0.25, -0.2) is 8.42 Å². The minimum absolute atomic E-state index is 0.0823. The predicted octanol–water partition coefficient (Wildman–Crippen LogP) is 3.67. The Hall–Kier alpha value is -3.13. The van der Waals surface area contributed by atoms with Gasteiger partial charge in [0.25, 0.3) is 15.9 Å². The van der Waals surface area contributed by atoms with Gasteiger partial charge in [-0.3, -0.25) is 14.5 Å². The molecule has 4 rings (SSSR count). The SMILES string of the molecule is O=C(Nc1cccc(S(=O)(=O)NC2=NCCCCC2)c1)c1cc2ccccc2[nH]1. The number of aromatic nitrogens is 1. The van der Waals surface area contributed by atoms with E-state index in [2.05, 4.69) is 20.0 Å². The van der Waals surface area contributed by atoms with Crippen molar-refractivity contribution in [1.29, 1.82) is 0 Å². The Bertz CT molecular complexity index is 1150. The molecule has 0 aliphatic carbocycles. The van der Waals surface area contributed by atoms with Crippen LogP contribution in [0.5, 0.6) is 0 Å². The number of fused-ring (bicyclic) bond motifs is 1. The molecule has 7 nitrogen and oxygen atoms in total. The van der Waals surface area contributed by atoms with Crippen LogP contribution in [0.2, 0.25) is 0 Å². The summed E-state index contributed by atoms with van der Waals surface area (Å²) in [6.07, 6.45) is 3.56. The Morgan fingerprint density at radius 1 is 1.00 bits per heavy atom. The zero-order chi connectivity index (χ0) is 20.3. The highest BCUT2D eigenvalue weighted by Crippen LogP contribution is 2.19. The van der Waals surface area contributed by atoms with Crippen LogP contribution in [0.1, 0.15) is 36.2 Å². The van der Waals surface area contributed by atoms with Crippen LogP contribution >= 0.6 is 0 Å². The molecule has 29 heavy (non-hydrogen) atoms. The van der Waals surface area contributed by atoms with Gasteiger partial charge in [0, 0.05) is 29.6 Å². The molecule has 8 heteroatoms. The van der Waals surface area contributed by atoms with Crippen LogP contribution in [-0.2, 0) is 10.0 Å². The third-order valence-corrected chi connectivity index (χ3v) is 6.18. The van der Waals surface area contributed by atoms with E-state index in [4.69, 9.17) is 0 Å². The molecule has 0 saturated carbocycles. The Balaban J connectivity index is 1.51.